The minimum absolute atomic E-state index is 0.196. The van der Waals surface area contributed by atoms with E-state index in [0.29, 0.717) is 35.3 Å². The maximum absolute atomic E-state index is 13.4. The van der Waals surface area contributed by atoms with Gasteiger partial charge < -0.3 is 25.2 Å². The summed E-state index contributed by atoms with van der Waals surface area (Å²) in [5.74, 6) is -4.41. The predicted octanol–water partition coefficient (Wildman–Crippen LogP) is 1.93. The van der Waals surface area contributed by atoms with Gasteiger partial charge in [0.25, 0.3) is 5.91 Å². The highest BCUT2D eigenvalue weighted by atomic mass is 19.2. The second kappa shape index (κ2) is 8.50. The molecule has 4 rings (SSSR count). The molecule has 12 heteroatoms. The molecule has 2 aromatic rings. The summed E-state index contributed by atoms with van der Waals surface area (Å²) in [6.07, 6.45) is -0.373. The fourth-order valence-corrected chi connectivity index (χ4v) is 3.97. The van der Waals surface area contributed by atoms with Crippen molar-refractivity contribution in [2.45, 2.75) is 32.0 Å². The average molecular weight is 464 g/mol. The second-order valence-electron chi connectivity index (χ2n) is 8.12. The van der Waals surface area contributed by atoms with E-state index in [0.717, 1.165) is 0 Å². The molecule has 1 unspecified atom stereocenters. The molecular formula is C21H23F3N6O3. The number of carbonyl (C=O) groups excluding carboxylic acids is 2. The first-order valence-corrected chi connectivity index (χ1v) is 10.3. The molecule has 2 aliphatic heterocycles. The summed E-state index contributed by atoms with van der Waals surface area (Å²) in [7, 11) is 3.27. The third-order valence-electron chi connectivity index (χ3n) is 5.89. The maximum atomic E-state index is 13.4. The molecule has 2 aliphatic rings. The average Bonchev–Trinajstić information content (AvgIpc) is 2.74. The zero-order valence-electron chi connectivity index (χ0n) is 18.4. The van der Waals surface area contributed by atoms with Crippen LogP contribution in [-0.4, -0.2) is 72.1 Å². The van der Waals surface area contributed by atoms with Gasteiger partial charge in [0.2, 0.25) is 11.9 Å². The monoisotopic (exact) mass is 464 g/mol. The molecule has 2 amide bonds. The Morgan fingerprint density at radius 3 is 2.48 bits per heavy atom. The van der Waals surface area contributed by atoms with Crippen LogP contribution < -0.4 is 15.5 Å². The largest absolute Gasteiger partial charge is 0.379 e. The van der Waals surface area contributed by atoms with Crippen molar-refractivity contribution >= 4 is 29.3 Å². The lowest BCUT2D eigenvalue weighted by molar-refractivity contribution is -0.120. The number of amides is 2. The molecule has 0 saturated carbocycles. The smallest absolute Gasteiger partial charge is 0.254 e. The third-order valence-corrected chi connectivity index (χ3v) is 5.89. The minimum atomic E-state index is -1.61. The number of benzene rings is 1. The van der Waals surface area contributed by atoms with Crippen molar-refractivity contribution in [3.8, 4) is 0 Å². The fraction of sp³-hybridized carbons (Fsp3) is 0.429. The van der Waals surface area contributed by atoms with E-state index in [-0.39, 0.29) is 36.7 Å². The summed E-state index contributed by atoms with van der Waals surface area (Å²) in [6.45, 7) is 4.02. The van der Waals surface area contributed by atoms with Crippen LogP contribution in [0.25, 0.3) is 0 Å². The molecule has 3 heterocycles. The van der Waals surface area contributed by atoms with Crippen LogP contribution >= 0.6 is 0 Å². The SMILES string of the molecule is COC(C)[C@H]1C(=O)Nc2c(C)nc(NC3CN(C(=O)c4cc(F)c(F)c(F)c4)C3)nc2N1C. The Labute approximate surface area is 187 Å². The number of halogens is 3. The standard InChI is InChI=1S/C21H23F3N6O3/c1-9-16-18(29(3)17(10(2)33-4)19(31)27-16)28-21(25-9)26-12-7-30(8-12)20(32)11-5-13(22)15(24)14(23)6-11/h5-6,10,12,17H,7-8H2,1-4H3,(H,27,31)(H,25,26,28)/t10?,17-/m0/s1. The van der Waals surface area contributed by atoms with Crippen LogP contribution in [-0.2, 0) is 9.53 Å². The van der Waals surface area contributed by atoms with Crippen LogP contribution in [0.2, 0.25) is 0 Å². The maximum Gasteiger partial charge on any atom is 0.254 e. The van der Waals surface area contributed by atoms with Crippen molar-refractivity contribution in [2.75, 3.05) is 42.8 Å². The first-order valence-electron chi connectivity index (χ1n) is 10.3. The zero-order chi connectivity index (χ0) is 24.0. The number of fused-ring (bicyclic) bond motifs is 1. The number of aromatic nitrogens is 2. The van der Waals surface area contributed by atoms with Gasteiger partial charge in [-0.25, -0.2) is 18.2 Å². The summed E-state index contributed by atoms with van der Waals surface area (Å²) < 4.78 is 45.3. The molecule has 0 aliphatic carbocycles. The number of rotatable bonds is 5. The molecule has 0 bridgehead atoms. The summed E-state index contributed by atoms with van der Waals surface area (Å²) in [6, 6.07) is 0.592. The molecule has 0 radical (unpaired) electrons. The Kier molecular flexibility index (Phi) is 5.87. The molecular weight excluding hydrogens is 441 g/mol. The van der Waals surface area contributed by atoms with Gasteiger partial charge in [-0.05, 0) is 26.0 Å². The molecule has 33 heavy (non-hydrogen) atoms. The molecule has 2 atom stereocenters. The molecule has 1 aromatic carbocycles. The summed E-state index contributed by atoms with van der Waals surface area (Å²) in [4.78, 5) is 37.0. The van der Waals surface area contributed by atoms with Crippen molar-refractivity contribution in [1.82, 2.24) is 14.9 Å². The van der Waals surface area contributed by atoms with E-state index in [2.05, 4.69) is 20.6 Å². The van der Waals surface area contributed by atoms with Gasteiger partial charge >= 0.3 is 0 Å². The lowest BCUT2D eigenvalue weighted by atomic mass is 10.1. The van der Waals surface area contributed by atoms with Crippen molar-refractivity contribution in [1.29, 1.82) is 0 Å². The van der Waals surface area contributed by atoms with Crippen LogP contribution in [0.15, 0.2) is 12.1 Å². The van der Waals surface area contributed by atoms with Crippen LogP contribution in [0.4, 0.5) is 30.6 Å². The first kappa shape index (κ1) is 22.8. The van der Waals surface area contributed by atoms with Gasteiger partial charge in [0, 0.05) is 32.8 Å². The van der Waals surface area contributed by atoms with E-state index in [1.165, 1.54) is 12.0 Å². The number of methoxy groups -OCH3 is 1. The van der Waals surface area contributed by atoms with Crippen LogP contribution in [0.1, 0.15) is 23.0 Å². The van der Waals surface area contributed by atoms with Crippen LogP contribution in [0, 0.1) is 24.4 Å². The molecule has 1 saturated heterocycles. The van der Waals surface area contributed by atoms with Crippen molar-refractivity contribution in [3.05, 3.63) is 40.8 Å². The summed E-state index contributed by atoms with van der Waals surface area (Å²) in [5.41, 5.74) is 0.815. The van der Waals surface area contributed by atoms with Gasteiger partial charge in [-0.3, -0.25) is 9.59 Å². The lowest BCUT2D eigenvalue weighted by Gasteiger charge is -2.40. The Balaban J connectivity index is 1.45. The lowest BCUT2D eigenvalue weighted by Crippen LogP contribution is -2.57. The van der Waals surface area contributed by atoms with Crippen LogP contribution in [0.5, 0.6) is 0 Å². The Bertz CT molecular complexity index is 1100. The Morgan fingerprint density at radius 1 is 1.24 bits per heavy atom. The molecule has 0 spiro atoms. The molecule has 176 valence electrons. The molecule has 2 N–H and O–H groups in total. The highest BCUT2D eigenvalue weighted by molar-refractivity contribution is 6.03. The highest BCUT2D eigenvalue weighted by Crippen LogP contribution is 2.33. The summed E-state index contributed by atoms with van der Waals surface area (Å²) in [5, 5.41) is 5.96. The number of nitrogens with one attached hydrogen (secondary N) is 2. The topological polar surface area (TPSA) is 99.7 Å². The fourth-order valence-electron chi connectivity index (χ4n) is 3.97. The number of ether oxygens (including phenoxy) is 1. The molecule has 1 fully saturated rings. The van der Waals surface area contributed by atoms with Crippen LogP contribution in [0.3, 0.4) is 0 Å². The number of hydrogen-bond donors (Lipinski definition) is 2. The second-order valence-corrected chi connectivity index (χ2v) is 8.12. The first-order chi connectivity index (χ1) is 15.6. The van der Waals surface area contributed by atoms with E-state index in [4.69, 9.17) is 4.74 Å². The number of likely N-dealkylation sites (N-methyl/N-ethyl adjacent to an activating group) is 1. The third kappa shape index (κ3) is 4.06. The van der Waals surface area contributed by atoms with Gasteiger partial charge in [-0.2, -0.15) is 4.98 Å². The van der Waals surface area contributed by atoms with E-state index < -0.39 is 29.4 Å². The van der Waals surface area contributed by atoms with Gasteiger partial charge in [-0.1, -0.05) is 0 Å². The molecule has 9 nitrogen and oxygen atoms in total. The number of nitrogens with zero attached hydrogens (tertiary/aromatic N) is 4. The van der Waals surface area contributed by atoms with Gasteiger partial charge in [0.15, 0.2) is 23.3 Å². The van der Waals surface area contributed by atoms with E-state index in [9.17, 15) is 22.8 Å². The summed E-state index contributed by atoms with van der Waals surface area (Å²) >= 11 is 0. The molecule has 1 aromatic heterocycles. The Hall–Kier alpha value is -3.41. The minimum Gasteiger partial charge on any atom is -0.379 e. The van der Waals surface area contributed by atoms with Crippen molar-refractivity contribution < 1.29 is 27.5 Å². The predicted molar refractivity (Wildman–Crippen MR) is 114 cm³/mol. The zero-order valence-corrected chi connectivity index (χ0v) is 18.4. The highest BCUT2D eigenvalue weighted by Gasteiger charge is 2.38. The van der Waals surface area contributed by atoms with E-state index in [1.54, 1.807) is 25.8 Å². The van der Waals surface area contributed by atoms with Crippen molar-refractivity contribution in [2.24, 2.45) is 0 Å². The van der Waals surface area contributed by atoms with E-state index in [1.807, 2.05) is 0 Å². The van der Waals surface area contributed by atoms with Gasteiger partial charge in [-0.15, -0.1) is 0 Å². The van der Waals surface area contributed by atoms with Crippen molar-refractivity contribution in [3.63, 3.8) is 0 Å². The normalized spacial score (nSPS) is 19.0. The Morgan fingerprint density at radius 2 is 1.88 bits per heavy atom. The quantitative estimate of drug-likeness (QED) is 0.653. The number of aryl methyl sites for hydroxylation is 1. The number of likely N-dealkylation sites (tertiary alicyclic amines) is 1. The van der Waals surface area contributed by atoms with Gasteiger partial charge in [0.05, 0.1) is 17.8 Å². The number of anilines is 3. The van der Waals surface area contributed by atoms with E-state index >= 15 is 0 Å². The van der Waals surface area contributed by atoms with Gasteiger partial charge in [0.1, 0.15) is 11.7 Å². The number of carbonyl (C=O) groups is 2. The number of hydrogen-bond acceptors (Lipinski definition) is 7.